The zero-order valence-electron chi connectivity index (χ0n) is 11.3. The lowest BCUT2D eigenvalue weighted by Gasteiger charge is -2.37. The van der Waals surface area contributed by atoms with Crippen LogP contribution >= 0.6 is 12.6 Å². The summed E-state index contributed by atoms with van der Waals surface area (Å²) in [6, 6.07) is 0. The molecule has 0 N–H and O–H groups in total. The van der Waals surface area contributed by atoms with Gasteiger partial charge in [-0.1, -0.05) is 34.1 Å². The van der Waals surface area contributed by atoms with Gasteiger partial charge in [-0.3, -0.25) is 0 Å². The third kappa shape index (κ3) is 4.29. The lowest BCUT2D eigenvalue weighted by Crippen LogP contribution is -2.35. The van der Waals surface area contributed by atoms with Crippen molar-refractivity contribution in [3.05, 3.63) is 0 Å². The van der Waals surface area contributed by atoms with Gasteiger partial charge in [0.15, 0.2) is 0 Å². The molecule has 96 valence electrons. The van der Waals surface area contributed by atoms with Gasteiger partial charge in [-0.25, -0.2) is 0 Å². The molecular weight excluding hydrogens is 216 g/mol. The molecule has 1 rings (SSSR count). The fraction of sp³-hybridized carbons (Fsp3) is 1.00. The number of thiol groups is 1. The lowest BCUT2D eigenvalue weighted by atomic mass is 9.75. The van der Waals surface area contributed by atoms with E-state index in [4.69, 9.17) is 4.74 Å². The van der Waals surface area contributed by atoms with Crippen LogP contribution in [0.15, 0.2) is 0 Å². The highest BCUT2D eigenvalue weighted by atomic mass is 32.1. The van der Waals surface area contributed by atoms with E-state index < -0.39 is 0 Å². The predicted octanol–water partition coefficient (Wildman–Crippen LogP) is 4.03. The summed E-state index contributed by atoms with van der Waals surface area (Å²) in [7, 11) is 0. The Morgan fingerprint density at radius 1 is 1.25 bits per heavy atom. The van der Waals surface area contributed by atoms with Crippen molar-refractivity contribution in [3.63, 3.8) is 0 Å². The second-order valence-electron chi connectivity index (χ2n) is 5.99. The molecule has 1 saturated carbocycles. The molecule has 0 spiro atoms. The molecule has 1 aliphatic carbocycles. The van der Waals surface area contributed by atoms with Gasteiger partial charge in [-0.05, 0) is 42.3 Å². The summed E-state index contributed by atoms with van der Waals surface area (Å²) in [6.07, 6.45) is 4.47. The third-order valence-corrected chi connectivity index (χ3v) is 4.49. The SMILES string of the molecule is CC(CS)COC1CC(C)CCC1C(C)C. The van der Waals surface area contributed by atoms with Gasteiger partial charge < -0.3 is 4.74 Å². The third-order valence-electron chi connectivity index (χ3n) is 3.87. The Labute approximate surface area is 107 Å². The van der Waals surface area contributed by atoms with Gasteiger partial charge in [0.05, 0.1) is 12.7 Å². The minimum atomic E-state index is 0.492. The average Bonchev–Trinajstić information content (AvgIpc) is 2.25. The zero-order chi connectivity index (χ0) is 12.1. The molecule has 0 aromatic rings. The molecule has 4 unspecified atom stereocenters. The maximum Gasteiger partial charge on any atom is 0.0608 e. The van der Waals surface area contributed by atoms with E-state index in [0.717, 1.165) is 30.1 Å². The van der Waals surface area contributed by atoms with Crippen LogP contribution in [0, 0.1) is 23.7 Å². The van der Waals surface area contributed by atoms with Crippen molar-refractivity contribution in [3.8, 4) is 0 Å². The molecule has 1 nitrogen and oxygen atoms in total. The van der Waals surface area contributed by atoms with Gasteiger partial charge in [0.25, 0.3) is 0 Å². The smallest absolute Gasteiger partial charge is 0.0608 e. The van der Waals surface area contributed by atoms with E-state index in [9.17, 15) is 0 Å². The van der Waals surface area contributed by atoms with Crippen molar-refractivity contribution in [2.45, 2.75) is 53.1 Å². The van der Waals surface area contributed by atoms with Gasteiger partial charge in [-0.15, -0.1) is 0 Å². The Balaban J connectivity index is 2.44. The molecule has 0 bridgehead atoms. The fourth-order valence-corrected chi connectivity index (χ4v) is 2.75. The lowest BCUT2D eigenvalue weighted by molar-refractivity contribution is -0.0472. The van der Waals surface area contributed by atoms with E-state index in [0.29, 0.717) is 12.0 Å². The first-order chi connectivity index (χ1) is 7.54. The van der Waals surface area contributed by atoms with Gasteiger partial charge >= 0.3 is 0 Å². The predicted molar refractivity (Wildman–Crippen MR) is 74.1 cm³/mol. The first-order valence-corrected chi connectivity index (χ1v) is 7.40. The second-order valence-corrected chi connectivity index (χ2v) is 6.35. The zero-order valence-corrected chi connectivity index (χ0v) is 12.2. The van der Waals surface area contributed by atoms with Crippen molar-refractivity contribution in [2.24, 2.45) is 23.7 Å². The minimum Gasteiger partial charge on any atom is -0.378 e. The summed E-state index contributed by atoms with van der Waals surface area (Å²) in [6.45, 7) is 10.1. The van der Waals surface area contributed by atoms with Crippen molar-refractivity contribution >= 4 is 12.6 Å². The Bertz CT molecular complexity index is 193. The monoisotopic (exact) mass is 244 g/mol. The van der Waals surface area contributed by atoms with Crippen LogP contribution in [-0.2, 0) is 4.74 Å². The van der Waals surface area contributed by atoms with Crippen LogP contribution in [-0.4, -0.2) is 18.5 Å². The average molecular weight is 244 g/mol. The number of hydrogen-bond acceptors (Lipinski definition) is 2. The van der Waals surface area contributed by atoms with Crippen LogP contribution in [0.3, 0.4) is 0 Å². The number of rotatable bonds is 5. The highest BCUT2D eigenvalue weighted by Gasteiger charge is 2.31. The first-order valence-electron chi connectivity index (χ1n) is 6.77. The maximum atomic E-state index is 6.13. The molecule has 1 fully saturated rings. The molecule has 0 saturated heterocycles. The second kappa shape index (κ2) is 6.90. The summed E-state index contributed by atoms with van der Waals surface area (Å²) >= 11 is 4.31. The standard InChI is InChI=1S/C14H28OS/c1-10(2)13-6-5-11(3)7-14(13)15-8-12(4)9-16/h10-14,16H,5-9H2,1-4H3. The van der Waals surface area contributed by atoms with Crippen molar-refractivity contribution in [2.75, 3.05) is 12.4 Å². The Morgan fingerprint density at radius 3 is 2.50 bits per heavy atom. The quantitative estimate of drug-likeness (QED) is 0.718. The molecule has 0 radical (unpaired) electrons. The van der Waals surface area contributed by atoms with Gasteiger partial charge in [0, 0.05) is 0 Å². The van der Waals surface area contributed by atoms with Crippen LogP contribution in [0.25, 0.3) is 0 Å². The van der Waals surface area contributed by atoms with Crippen LogP contribution in [0.1, 0.15) is 47.0 Å². The molecule has 4 atom stereocenters. The molecule has 16 heavy (non-hydrogen) atoms. The summed E-state index contributed by atoms with van der Waals surface area (Å²) in [4.78, 5) is 0. The van der Waals surface area contributed by atoms with E-state index in [1.54, 1.807) is 0 Å². The van der Waals surface area contributed by atoms with Gasteiger partial charge in [0.1, 0.15) is 0 Å². The Kier molecular flexibility index (Phi) is 6.20. The molecule has 0 aromatic carbocycles. The molecule has 0 aliphatic heterocycles. The summed E-state index contributed by atoms with van der Waals surface area (Å²) in [5.74, 6) is 3.86. The summed E-state index contributed by atoms with van der Waals surface area (Å²) < 4.78 is 6.13. The highest BCUT2D eigenvalue weighted by molar-refractivity contribution is 7.80. The van der Waals surface area contributed by atoms with Crippen molar-refractivity contribution in [1.82, 2.24) is 0 Å². The van der Waals surface area contributed by atoms with Crippen LogP contribution in [0.2, 0.25) is 0 Å². The topological polar surface area (TPSA) is 9.23 Å². The maximum absolute atomic E-state index is 6.13. The van der Waals surface area contributed by atoms with E-state index in [-0.39, 0.29) is 0 Å². The molecule has 2 heteroatoms. The summed E-state index contributed by atoms with van der Waals surface area (Å²) in [5, 5.41) is 0. The first kappa shape index (κ1) is 14.4. The molecule has 0 amide bonds. The molecule has 0 heterocycles. The van der Waals surface area contributed by atoms with E-state index >= 15 is 0 Å². The van der Waals surface area contributed by atoms with E-state index in [1.807, 2.05) is 0 Å². The molecule has 0 aromatic heterocycles. The normalized spacial score (nSPS) is 33.0. The van der Waals surface area contributed by atoms with Crippen LogP contribution in [0.5, 0.6) is 0 Å². The van der Waals surface area contributed by atoms with Gasteiger partial charge in [-0.2, -0.15) is 12.6 Å². The Morgan fingerprint density at radius 2 is 1.94 bits per heavy atom. The number of hydrogen-bond donors (Lipinski definition) is 1. The largest absolute Gasteiger partial charge is 0.378 e. The van der Waals surface area contributed by atoms with Crippen molar-refractivity contribution in [1.29, 1.82) is 0 Å². The highest BCUT2D eigenvalue weighted by Crippen LogP contribution is 2.35. The van der Waals surface area contributed by atoms with Crippen LogP contribution in [0.4, 0.5) is 0 Å². The van der Waals surface area contributed by atoms with E-state index in [1.165, 1.54) is 19.3 Å². The molecular formula is C14H28OS. The minimum absolute atomic E-state index is 0.492. The van der Waals surface area contributed by atoms with E-state index in [2.05, 4.69) is 40.3 Å². The van der Waals surface area contributed by atoms with Crippen molar-refractivity contribution < 1.29 is 4.74 Å². The number of ether oxygens (including phenoxy) is 1. The van der Waals surface area contributed by atoms with Crippen LogP contribution < -0.4 is 0 Å². The fourth-order valence-electron chi connectivity index (χ4n) is 2.65. The molecule has 1 aliphatic rings. The summed E-state index contributed by atoms with van der Waals surface area (Å²) in [5.41, 5.74) is 0. The Hall–Kier alpha value is 0.310. The van der Waals surface area contributed by atoms with Gasteiger partial charge in [0.2, 0.25) is 0 Å².